The van der Waals surface area contributed by atoms with Gasteiger partial charge in [-0.15, -0.1) is 0 Å². The number of aliphatic hydroxyl groups excluding tert-OH is 1. The zero-order chi connectivity index (χ0) is 14.8. The second-order valence-electron chi connectivity index (χ2n) is 4.89. The Morgan fingerprint density at radius 3 is 2.60 bits per heavy atom. The van der Waals surface area contributed by atoms with Crippen molar-refractivity contribution in [2.24, 2.45) is 0 Å². The van der Waals surface area contributed by atoms with E-state index in [0.717, 1.165) is 12.2 Å². The van der Waals surface area contributed by atoms with Gasteiger partial charge in [0.25, 0.3) is 0 Å². The minimum absolute atomic E-state index is 0.344. The minimum atomic E-state index is -0.431. The van der Waals surface area contributed by atoms with Crippen molar-refractivity contribution in [2.75, 3.05) is 26.4 Å². The Hall–Kier alpha value is -0.810. The van der Waals surface area contributed by atoms with Gasteiger partial charge in [-0.1, -0.05) is 18.5 Å². The zero-order valence-electron chi connectivity index (χ0n) is 12.2. The first-order valence-corrected chi connectivity index (χ1v) is 7.47. The van der Waals surface area contributed by atoms with Crippen molar-refractivity contribution in [1.29, 1.82) is 0 Å². The standard InChI is InChI=1S/C15H24ClNO3/c1-3-12(2)17-10-14(18)11-19-8-9-20-15-6-4-13(16)5-7-15/h4-7,12,14,17-18H,3,8-11H2,1-2H3/p+1/t12-,14+/m1/s1. The molecule has 0 radical (unpaired) electrons. The number of quaternary nitrogens is 1. The molecule has 3 N–H and O–H groups in total. The molecule has 4 nitrogen and oxygen atoms in total. The lowest BCUT2D eigenvalue weighted by Crippen LogP contribution is -2.91. The largest absolute Gasteiger partial charge is 0.491 e. The molecule has 20 heavy (non-hydrogen) atoms. The van der Waals surface area contributed by atoms with Crippen molar-refractivity contribution in [1.82, 2.24) is 0 Å². The fourth-order valence-corrected chi connectivity index (χ4v) is 1.72. The monoisotopic (exact) mass is 302 g/mol. The number of benzene rings is 1. The van der Waals surface area contributed by atoms with Crippen LogP contribution in [0.4, 0.5) is 0 Å². The van der Waals surface area contributed by atoms with Gasteiger partial charge in [-0.3, -0.25) is 0 Å². The van der Waals surface area contributed by atoms with Crippen LogP contribution >= 0.6 is 11.6 Å². The van der Waals surface area contributed by atoms with Crippen LogP contribution in [0, 0.1) is 0 Å². The summed E-state index contributed by atoms with van der Waals surface area (Å²) >= 11 is 5.78. The third kappa shape index (κ3) is 7.70. The summed E-state index contributed by atoms with van der Waals surface area (Å²) in [7, 11) is 0. The first-order valence-electron chi connectivity index (χ1n) is 7.09. The van der Waals surface area contributed by atoms with Gasteiger partial charge in [0.1, 0.15) is 25.0 Å². The topological polar surface area (TPSA) is 55.3 Å². The van der Waals surface area contributed by atoms with Crippen molar-refractivity contribution in [3.05, 3.63) is 29.3 Å². The summed E-state index contributed by atoms with van der Waals surface area (Å²) in [5, 5.41) is 12.6. The van der Waals surface area contributed by atoms with E-state index in [4.69, 9.17) is 21.1 Å². The predicted molar refractivity (Wildman–Crippen MR) is 80.3 cm³/mol. The quantitative estimate of drug-likeness (QED) is 0.643. The fraction of sp³-hybridized carbons (Fsp3) is 0.600. The van der Waals surface area contributed by atoms with E-state index in [1.165, 1.54) is 0 Å². The molecule has 0 aromatic heterocycles. The molecule has 0 heterocycles. The van der Waals surface area contributed by atoms with E-state index < -0.39 is 6.10 Å². The highest BCUT2D eigenvalue weighted by Crippen LogP contribution is 2.15. The van der Waals surface area contributed by atoms with Gasteiger partial charge in [-0.2, -0.15) is 0 Å². The number of aliphatic hydroxyl groups is 1. The number of hydrogen-bond acceptors (Lipinski definition) is 3. The van der Waals surface area contributed by atoms with E-state index in [1.807, 2.05) is 12.1 Å². The summed E-state index contributed by atoms with van der Waals surface area (Å²) in [6.07, 6.45) is 0.669. The summed E-state index contributed by atoms with van der Waals surface area (Å²) in [6, 6.07) is 7.74. The first kappa shape index (κ1) is 17.2. The molecular formula is C15H25ClNO3+. The molecule has 1 aromatic rings. The molecule has 0 aliphatic heterocycles. The Morgan fingerprint density at radius 2 is 1.95 bits per heavy atom. The lowest BCUT2D eigenvalue weighted by molar-refractivity contribution is -0.692. The second-order valence-corrected chi connectivity index (χ2v) is 5.32. The van der Waals surface area contributed by atoms with E-state index in [9.17, 15) is 5.11 Å². The van der Waals surface area contributed by atoms with Crippen LogP contribution in [0.5, 0.6) is 5.75 Å². The Balaban J connectivity index is 2.02. The number of hydrogen-bond donors (Lipinski definition) is 2. The van der Waals surface area contributed by atoms with Crippen molar-refractivity contribution in [3.63, 3.8) is 0 Å². The molecule has 0 spiro atoms. The third-order valence-electron chi connectivity index (χ3n) is 3.07. The van der Waals surface area contributed by atoms with Gasteiger partial charge >= 0.3 is 0 Å². The lowest BCUT2D eigenvalue weighted by Gasteiger charge is -2.13. The number of ether oxygens (including phenoxy) is 2. The van der Waals surface area contributed by atoms with Gasteiger partial charge in [0.2, 0.25) is 0 Å². The summed E-state index contributed by atoms with van der Waals surface area (Å²) in [4.78, 5) is 0. The van der Waals surface area contributed by atoms with Crippen LogP contribution in [0.2, 0.25) is 5.02 Å². The van der Waals surface area contributed by atoms with Crippen LogP contribution < -0.4 is 10.1 Å². The maximum absolute atomic E-state index is 9.73. The van der Waals surface area contributed by atoms with Gasteiger partial charge < -0.3 is 19.9 Å². The summed E-state index contributed by atoms with van der Waals surface area (Å²) < 4.78 is 10.9. The van der Waals surface area contributed by atoms with Crippen molar-refractivity contribution in [2.45, 2.75) is 32.4 Å². The van der Waals surface area contributed by atoms with E-state index in [1.54, 1.807) is 12.1 Å². The number of rotatable bonds is 10. The molecule has 1 aromatic carbocycles. The molecule has 0 saturated carbocycles. The van der Waals surface area contributed by atoms with Crippen molar-refractivity contribution in [3.8, 4) is 5.75 Å². The summed E-state index contributed by atoms with van der Waals surface area (Å²) in [5.74, 6) is 0.767. The Morgan fingerprint density at radius 1 is 1.25 bits per heavy atom. The van der Waals surface area contributed by atoms with Gasteiger partial charge in [0.15, 0.2) is 0 Å². The molecular weight excluding hydrogens is 278 g/mol. The van der Waals surface area contributed by atoms with E-state index in [0.29, 0.717) is 37.4 Å². The smallest absolute Gasteiger partial charge is 0.126 e. The van der Waals surface area contributed by atoms with E-state index in [2.05, 4.69) is 19.2 Å². The lowest BCUT2D eigenvalue weighted by atomic mass is 10.2. The molecule has 0 aliphatic rings. The molecule has 114 valence electrons. The molecule has 0 unspecified atom stereocenters. The minimum Gasteiger partial charge on any atom is -0.491 e. The van der Waals surface area contributed by atoms with E-state index in [-0.39, 0.29) is 0 Å². The maximum atomic E-state index is 9.73. The average Bonchev–Trinajstić information content (AvgIpc) is 2.46. The third-order valence-corrected chi connectivity index (χ3v) is 3.33. The molecule has 0 amide bonds. The van der Waals surface area contributed by atoms with Crippen LogP contribution in [-0.2, 0) is 4.74 Å². The molecule has 0 bridgehead atoms. The van der Waals surface area contributed by atoms with Crippen LogP contribution in [0.15, 0.2) is 24.3 Å². The average molecular weight is 303 g/mol. The highest BCUT2D eigenvalue weighted by Gasteiger charge is 2.09. The van der Waals surface area contributed by atoms with Crippen LogP contribution in [0.25, 0.3) is 0 Å². The fourth-order valence-electron chi connectivity index (χ4n) is 1.59. The second kappa shape index (κ2) is 10.00. The van der Waals surface area contributed by atoms with Crippen LogP contribution in [0.3, 0.4) is 0 Å². The van der Waals surface area contributed by atoms with Crippen molar-refractivity contribution >= 4 is 11.6 Å². The maximum Gasteiger partial charge on any atom is 0.126 e. The van der Waals surface area contributed by atoms with Gasteiger partial charge in [-0.25, -0.2) is 0 Å². The highest BCUT2D eigenvalue weighted by atomic mass is 35.5. The SMILES string of the molecule is CC[C@@H](C)[NH2+]C[C@H](O)COCCOc1ccc(Cl)cc1. The number of halogens is 1. The van der Waals surface area contributed by atoms with Crippen LogP contribution in [-0.4, -0.2) is 43.6 Å². The Labute approximate surface area is 126 Å². The zero-order valence-corrected chi connectivity index (χ0v) is 13.0. The van der Waals surface area contributed by atoms with Gasteiger partial charge in [0, 0.05) is 5.02 Å². The normalized spacial score (nSPS) is 14.0. The molecule has 2 atom stereocenters. The molecule has 0 fully saturated rings. The molecule has 1 rings (SSSR count). The first-order chi connectivity index (χ1) is 9.61. The molecule has 0 aliphatic carbocycles. The molecule has 0 saturated heterocycles. The van der Waals surface area contributed by atoms with E-state index >= 15 is 0 Å². The summed E-state index contributed by atoms with van der Waals surface area (Å²) in [5.41, 5.74) is 0. The summed E-state index contributed by atoms with van der Waals surface area (Å²) in [6.45, 7) is 6.22. The highest BCUT2D eigenvalue weighted by molar-refractivity contribution is 6.30. The van der Waals surface area contributed by atoms with Crippen LogP contribution in [0.1, 0.15) is 20.3 Å². The van der Waals surface area contributed by atoms with Gasteiger partial charge in [0.05, 0.1) is 19.3 Å². The molecule has 5 heteroatoms. The number of nitrogens with two attached hydrogens (primary N) is 1. The Bertz CT molecular complexity index is 359. The Kier molecular flexibility index (Phi) is 8.62. The van der Waals surface area contributed by atoms with Gasteiger partial charge in [-0.05, 0) is 37.6 Å². The predicted octanol–water partition coefficient (Wildman–Crippen LogP) is 1.46. The van der Waals surface area contributed by atoms with Crippen molar-refractivity contribution < 1.29 is 19.9 Å².